The molecule has 1 N–H and O–H groups in total. The van der Waals surface area contributed by atoms with Crippen molar-refractivity contribution in [3.8, 4) is 6.07 Å². The molecule has 0 aliphatic carbocycles. The zero-order valence-corrected chi connectivity index (χ0v) is 7.79. The monoisotopic (exact) mass is 232 g/mol. The quantitative estimate of drug-likeness (QED) is 0.849. The fraction of sp³-hybridized carbons (Fsp3) is 0.125. The average Bonchev–Trinajstić information content (AvgIpc) is 2.15. The number of hydrogen-bond donors (Lipinski definition) is 1. The SMILES string of the molecule is N#Cc1ncc(C(F)F)c(Cl)c1C(=O)O. The third-order valence-corrected chi connectivity index (χ3v) is 2.00. The van der Waals surface area contributed by atoms with Crippen LogP contribution in [-0.2, 0) is 0 Å². The van der Waals surface area contributed by atoms with E-state index in [1.165, 1.54) is 6.07 Å². The molecule has 0 aromatic carbocycles. The molecule has 0 saturated carbocycles. The fourth-order valence-electron chi connectivity index (χ4n) is 0.936. The van der Waals surface area contributed by atoms with Crippen LogP contribution < -0.4 is 0 Å². The highest BCUT2D eigenvalue weighted by atomic mass is 35.5. The van der Waals surface area contributed by atoms with E-state index in [2.05, 4.69) is 4.98 Å². The number of carboxylic acid groups (broad SMARTS) is 1. The van der Waals surface area contributed by atoms with Crippen LogP contribution in [0.5, 0.6) is 0 Å². The zero-order valence-electron chi connectivity index (χ0n) is 7.04. The zero-order chi connectivity index (χ0) is 11.6. The molecule has 1 heterocycles. The molecule has 0 amide bonds. The van der Waals surface area contributed by atoms with Gasteiger partial charge >= 0.3 is 5.97 Å². The van der Waals surface area contributed by atoms with E-state index < -0.39 is 34.2 Å². The Labute approximate surface area is 87.7 Å². The lowest BCUT2D eigenvalue weighted by Crippen LogP contribution is -2.06. The first-order valence-corrected chi connectivity index (χ1v) is 3.96. The molecule has 1 aromatic rings. The van der Waals surface area contributed by atoms with Crippen LogP contribution in [0, 0.1) is 11.3 Å². The maximum atomic E-state index is 12.3. The van der Waals surface area contributed by atoms with Crippen molar-refractivity contribution in [3.63, 3.8) is 0 Å². The summed E-state index contributed by atoms with van der Waals surface area (Å²) in [5.74, 6) is -1.56. The van der Waals surface area contributed by atoms with Crippen molar-refractivity contribution >= 4 is 17.6 Å². The summed E-state index contributed by atoms with van der Waals surface area (Å²) in [5.41, 5.74) is -1.89. The maximum Gasteiger partial charge on any atom is 0.340 e. The average molecular weight is 233 g/mol. The minimum Gasteiger partial charge on any atom is -0.478 e. The van der Waals surface area contributed by atoms with Crippen molar-refractivity contribution in [2.75, 3.05) is 0 Å². The van der Waals surface area contributed by atoms with Crippen LogP contribution in [0.1, 0.15) is 28.0 Å². The summed E-state index contributed by atoms with van der Waals surface area (Å²) >= 11 is 5.43. The normalized spacial score (nSPS) is 10.1. The Morgan fingerprint density at radius 1 is 1.67 bits per heavy atom. The minimum atomic E-state index is -2.93. The second-order valence-electron chi connectivity index (χ2n) is 2.47. The van der Waals surface area contributed by atoms with Gasteiger partial charge in [0.25, 0.3) is 6.43 Å². The number of rotatable bonds is 2. The second kappa shape index (κ2) is 4.19. The Bertz CT molecular complexity index is 457. The molecule has 0 aliphatic heterocycles. The lowest BCUT2D eigenvalue weighted by atomic mass is 10.1. The lowest BCUT2D eigenvalue weighted by molar-refractivity contribution is 0.0695. The van der Waals surface area contributed by atoms with Crippen LogP contribution in [-0.4, -0.2) is 16.1 Å². The Morgan fingerprint density at radius 2 is 2.27 bits per heavy atom. The van der Waals surface area contributed by atoms with Gasteiger partial charge in [-0.15, -0.1) is 0 Å². The Balaban J connectivity index is 3.51. The molecule has 7 heteroatoms. The Morgan fingerprint density at radius 3 is 2.67 bits per heavy atom. The second-order valence-corrected chi connectivity index (χ2v) is 2.85. The van der Waals surface area contributed by atoms with Gasteiger partial charge in [-0.2, -0.15) is 5.26 Å². The summed E-state index contributed by atoms with van der Waals surface area (Å²) in [6.07, 6.45) is -2.24. The van der Waals surface area contributed by atoms with Crippen molar-refractivity contribution < 1.29 is 18.7 Å². The number of alkyl halides is 2. The summed E-state index contributed by atoms with van der Waals surface area (Å²) in [7, 11) is 0. The number of nitrogens with zero attached hydrogens (tertiary/aromatic N) is 2. The van der Waals surface area contributed by atoms with E-state index in [4.69, 9.17) is 22.0 Å². The molecule has 0 spiro atoms. The first-order chi connectivity index (χ1) is 6.99. The summed E-state index contributed by atoms with van der Waals surface area (Å²) in [6, 6.07) is 1.46. The summed E-state index contributed by atoms with van der Waals surface area (Å²) in [5, 5.41) is 16.5. The highest BCUT2D eigenvalue weighted by molar-refractivity contribution is 6.34. The van der Waals surface area contributed by atoms with Gasteiger partial charge in [-0.25, -0.2) is 18.6 Å². The molecule has 0 saturated heterocycles. The van der Waals surface area contributed by atoms with Gasteiger partial charge in [0.15, 0.2) is 5.69 Å². The van der Waals surface area contributed by atoms with Crippen LogP contribution in [0.4, 0.5) is 8.78 Å². The van der Waals surface area contributed by atoms with Gasteiger partial charge in [-0.3, -0.25) is 0 Å². The molecule has 0 radical (unpaired) electrons. The van der Waals surface area contributed by atoms with Crippen molar-refractivity contribution in [2.24, 2.45) is 0 Å². The van der Waals surface area contributed by atoms with Gasteiger partial charge in [0, 0.05) is 6.20 Å². The minimum absolute atomic E-state index is 0.489. The molecule has 0 aliphatic rings. The Kier molecular flexibility index (Phi) is 3.17. The van der Waals surface area contributed by atoms with Gasteiger partial charge < -0.3 is 5.11 Å². The summed E-state index contributed by atoms with van der Waals surface area (Å²) < 4.78 is 24.6. The highest BCUT2D eigenvalue weighted by Gasteiger charge is 2.23. The lowest BCUT2D eigenvalue weighted by Gasteiger charge is -2.06. The molecular formula is C8H3ClF2N2O2. The number of aromatic nitrogens is 1. The number of carboxylic acids is 1. The van der Waals surface area contributed by atoms with E-state index in [9.17, 15) is 13.6 Å². The van der Waals surface area contributed by atoms with E-state index in [0.717, 1.165) is 0 Å². The van der Waals surface area contributed by atoms with Crippen LogP contribution in [0.25, 0.3) is 0 Å². The standard InChI is InChI=1S/C8H3ClF2N2O2/c9-6-3(7(10)11)2-13-4(1-12)5(6)8(14)15/h2,7H,(H,14,15). The predicted molar refractivity (Wildman–Crippen MR) is 45.9 cm³/mol. The van der Waals surface area contributed by atoms with Gasteiger partial charge in [0.05, 0.1) is 10.6 Å². The molecule has 0 fully saturated rings. The molecule has 0 atom stereocenters. The number of carbonyl (C=O) groups is 1. The van der Waals surface area contributed by atoms with E-state index >= 15 is 0 Å². The van der Waals surface area contributed by atoms with E-state index in [0.29, 0.717) is 6.20 Å². The summed E-state index contributed by atoms with van der Waals surface area (Å²) in [6.45, 7) is 0. The van der Waals surface area contributed by atoms with Crippen molar-refractivity contribution in [1.29, 1.82) is 5.26 Å². The molecular weight excluding hydrogens is 230 g/mol. The fourth-order valence-corrected chi connectivity index (χ4v) is 1.24. The Hall–Kier alpha value is -1.74. The maximum absolute atomic E-state index is 12.3. The van der Waals surface area contributed by atoms with Crippen molar-refractivity contribution in [3.05, 3.63) is 28.0 Å². The van der Waals surface area contributed by atoms with Gasteiger partial charge in [0.1, 0.15) is 11.6 Å². The molecule has 1 rings (SSSR count). The van der Waals surface area contributed by atoms with Gasteiger partial charge in [0.2, 0.25) is 0 Å². The molecule has 78 valence electrons. The van der Waals surface area contributed by atoms with Crippen LogP contribution in [0.3, 0.4) is 0 Å². The van der Waals surface area contributed by atoms with Crippen LogP contribution in [0.15, 0.2) is 6.20 Å². The van der Waals surface area contributed by atoms with Gasteiger partial charge in [-0.05, 0) is 0 Å². The van der Waals surface area contributed by atoms with Gasteiger partial charge in [-0.1, -0.05) is 11.6 Å². The molecule has 0 bridgehead atoms. The van der Waals surface area contributed by atoms with Crippen molar-refractivity contribution in [1.82, 2.24) is 4.98 Å². The third-order valence-electron chi connectivity index (χ3n) is 1.60. The molecule has 15 heavy (non-hydrogen) atoms. The number of pyridine rings is 1. The largest absolute Gasteiger partial charge is 0.478 e. The first-order valence-electron chi connectivity index (χ1n) is 3.59. The summed E-state index contributed by atoms with van der Waals surface area (Å²) in [4.78, 5) is 13.9. The highest BCUT2D eigenvalue weighted by Crippen LogP contribution is 2.30. The van der Waals surface area contributed by atoms with Crippen LogP contribution in [0.2, 0.25) is 5.02 Å². The predicted octanol–water partition coefficient (Wildman–Crippen LogP) is 2.24. The van der Waals surface area contributed by atoms with E-state index in [1.54, 1.807) is 0 Å². The number of hydrogen-bond acceptors (Lipinski definition) is 3. The molecule has 0 unspecified atom stereocenters. The number of aromatic carboxylic acids is 1. The first kappa shape index (κ1) is 11.3. The number of nitriles is 1. The smallest absolute Gasteiger partial charge is 0.340 e. The van der Waals surface area contributed by atoms with E-state index in [-0.39, 0.29) is 0 Å². The number of halogens is 3. The molecule has 4 nitrogen and oxygen atoms in total. The van der Waals surface area contributed by atoms with Crippen LogP contribution >= 0.6 is 11.6 Å². The van der Waals surface area contributed by atoms with Crippen molar-refractivity contribution in [2.45, 2.75) is 6.43 Å². The third kappa shape index (κ3) is 2.02. The topological polar surface area (TPSA) is 74.0 Å². The van der Waals surface area contributed by atoms with E-state index in [1.807, 2.05) is 0 Å². The molecule has 1 aromatic heterocycles.